The lowest BCUT2D eigenvalue weighted by atomic mass is 10.3. The van der Waals surface area contributed by atoms with Crippen molar-refractivity contribution in [3.8, 4) is 0 Å². The molecule has 0 aliphatic carbocycles. The lowest BCUT2D eigenvalue weighted by molar-refractivity contribution is -0.137. The quantitative estimate of drug-likeness (QED) is 0.694. The summed E-state index contributed by atoms with van der Waals surface area (Å²) < 4.78 is 1.83. The maximum atomic E-state index is 11.3. The molecule has 2 aromatic rings. The Bertz CT molecular complexity index is 644. The van der Waals surface area contributed by atoms with Gasteiger partial charge in [0.25, 0.3) is 0 Å². The van der Waals surface area contributed by atoms with E-state index in [9.17, 15) is 9.90 Å². The van der Waals surface area contributed by atoms with Crippen molar-refractivity contribution in [1.29, 1.82) is 0 Å². The van der Waals surface area contributed by atoms with Crippen LogP contribution in [-0.4, -0.2) is 48.1 Å². The van der Waals surface area contributed by atoms with Crippen LogP contribution in [0.5, 0.6) is 0 Å². The summed E-state index contributed by atoms with van der Waals surface area (Å²) in [6.45, 7) is 4.64. The number of aryl methyl sites for hydroxylation is 1. The molecule has 1 atom stereocenters. The number of thioether (sulfide) groups is 1. The van der Waals surface area contributed by atoms with Crippen LogP contribution >= 0.6 is 11.8 Å². The Morgan fingerprint density at radius 2 is 2.29 bits per heavy atom. The molecule has 0 saturated heterocycles. The fourth-order valence-electron chi connectivity index (χ4n) is 1.87. The molecule has 0 aromatic carbocycles. The summed E-state index contributed by atoms with van der Waals surface area (Å²) >= 11 is 1.54. The van der Waals surface area contributed by atoms with E-state index in [1.807, 2.05) is 18.4 Å². The zero-order valence-corrected chi connectivity index (χ0v) is 12.7. The van der Waals surface area contributed by atoms with Crippen molar-refractivity contribution in [2.45, 2.75) is 26.4 Å². The molecule has 4 N–H and O–H groups in total. The van der Waals surface area contributed by atoms with Gasteiger partial charge in [-0.2, -0.15) is 21.7 Å². The van der Waals surface area contributed by atoms with Gasteiger partial charge >= 0.3 is 5.97 Å². The minimum atomic E-state index is -0.934. The van der Waals surface area contributed by atoms with Crippen LogP contribution in [0.25, 0.3) is 11.2 Å². The Morgan fingerprint density at radius 1 is 1.52 bits per heavy atom. The summed E-state index contributed by atoms with van der Waals surface area (Å²) in [5.74, 6) is 0.792. The third-order valence-corrected chi connectivity index (χ3v) is 3.90. The second-order valence-electron chi connectivity index (χ2n) is 4.33. The van der Waals surface area contributed by atoms with Gasteiger partial charge in [-0.3, -0.25) is 0 Å². The van der Waals surface area contributed by atoms with Gasteiger partial charge in [0.1, 0.15) is 6.04 Å². The largest absolute Gasteiger partial charge is 0.480 e. The molecule has 0 aliphatic rings. The first-order valence-corrected chi connectivity index (χ1v) is 7.77. The highest BCUT2D eigenvalue weighted by molar-refractivity contribution is 7.99. The lowest BCUT2D eigenvalue weighted by Gasteiger charge is -2.14. The molecule has 2 rings (SSSR count). The van der Waals surface area contributed by atoms with Crippen molar-refractivity contribution < 1.29 is 9.90 Å². The van der Waals surface area contributed by atoms with Crippen molar-refractivity contribution in [1.82, 2.24) is 19.5 Å². The number of carboxylic acid groups (broad SMARTS) is 1. The minimum Gasteiger partial charge on any atom is -0.480 e. The molecule has 2 heterocycles. The topological polar surface area (TPSA) is 119 Å². The third kappa shape index (κ3) is 3.35. The van der Waals surface area contributed by atoms with Gasteiger partial charge in [-0.25, -0.2) is 9.78 Å². The number of hydrogen-bond acceptors (Lipinski definition) is 7. The number of aliphatic carboxylic acids is 1. The maximum Gasteiger partial charge on any atom is 0.327 e. The number of nitrogens with two attached hydrogens (primary N) is 1. The Hall–Kier alpha value is -2.03. The molecule has 0 fully saturated rings. The Morgan fingerprint density at radius 3 is 2.90 bits per heavy atom. The number of imidazole rings is 1. The van der Waals surface area contributed by atoms with Crippen LogP contribution in [0.15, 0.2) is 6.33 Å². The summed E-state index contributed by atoms with van der Waals surface area (Å²) in [6, 6.07) is -0.751. The number of nitrogen functional groups attached to an aromatic ring is 1. The van der Waals surface area contributed by atoms with Gasteiger partial charge in [-0.15, -0.1) is 0 Å². The van der Waals surface area contributed by atoms with Gasteiger partial charge in [0.15, 0.2) is 17.0 Å². The summed E-state index contributed by atoms with van der Waals surface area (Å²) in [6.07, 6.45) is 1.64. The average molecular weight is 310 g/mol. The van der Waals surface area contributed by atoms with Gasteiger partial charge in [-0.05, 0) is 12.7 Å². The Labute approximate surface area is 126 Å². The molecule has 21 heavy (non-hydrogen) atoms. The van der Waals surface area contributed by atoms with Crippen LogP contribution in [0, 0.1) is 0 Å². The van der Waals surface area contributed by atoms with Crippen LogP contribution in [-0.2, 0) is 11.3 Å². The van der Waals surface area contributed by atoms with Crippen LogP contribution < -0.4 is 11.1 Å². The highest BCUT2D eigenvalue weighted by atomic mass is 32.2. The molecule has 0 aliphatic heterocycles. The number of fused-ring (bicyclic) bond motifs is 1. The average Bonchev–Trinajstić information content (AvgIpc) is 2.85. The molecule has 114 valence electrons. The van der Waals surface area contributed by atoms with Gasteiger partial charge < -0.3 is 20.7 Å². The molecule has 0 amide bonds. The number of nitrogens with one attached hydrogen (secondary N) is 1. The fraction of sp³-hybridized carbons (Fsp3) is 0.500. The summed E-state index contributed by atoms with van der Waals surface area (Å²) in [5, 5.41) is 12.2. The zero-order valence-electron chi connectivity index (χ0n) is 11.9. The molecule has 8 nitrogen and oxygen atoms in total. The number of carbonyl (C=O) groups is 1. The van der Waals surface area contributed by atoms with E-state index in [1.165, 1.54) is 11.8 Å². The van der Waals surface area contributed by atoms with Gasteiger partial charge in [-0.1, -0.05) is 6.92 Å². The molecular formula is C12H18N6O2S. The number of aromatic nitrogens is 4. The van der Waals surface area contributed by atoms with Crippen LogP contribution in [0.2, 0.25) is 0 Å². The first-order valence-electron chi connectivity index (χ1n) is 6.62. The third-order valence-electron chi connectivity index (χ3n) is 2.92. The SMILES string of the molecule is CCSCC(Nc1nc(N)nc2c1ncn2CC)C(=O)O. The molecule has 2 aromatic heterocycles. The minimum absolute atomic E-state index is 0.0903. The Kier molecular flexibility index (Phi) is 4.84. The number of carboxylic acids is 1. The standard InChI is InChI=1S/C12H18N6O2S/c1-3-18-6-14-8-9(16-12(13)17-10(8)18)15-7(11(19)20)5-21-4-2/h6-7H,3-5H2,1-2H3,(H,19,20)(H3,13,15,16,17). The van der Waals surface area contributed by atoms with E-state index < -0.39 is 12.0 Å². The van der Waals surface area contributed by atoms with Gasteiger partial charge in [0.2, 0.25) is 5.95 Å². The normalized spacial score (nSPS) is 12.5. The molecule has 1 unspecified atom stereocenters. The van der Waals surface area contributed by atoms with E-state index in [-0.39, 0.29) is 5.95 Å². The number of nitrogens with zero attached hydrogens (tertiary/aromatic N) is 4. The molecule has 0 radical (unpaired) electrons. The van der Waals surface area contributed by atoms with Crippen LogP contribution in [0.4, 0.5) is 11.8 Å². The molecular weight excluding hydrogens is 292 g/mol. The molecule has 0 spiro atoms. The first kappa shape index (κ1) is 15.4. The molecule has 0 bridgehead atoms. The molecule has 9 heteroatoms. The maximum absolute atomic E-state index is 11.3. The van der Waals surface area contributed by atoms with Crippen molar-refractivity contribution in [2.75, 3.05) is 22.6 Å². The predicted molar refractivity (Wildman–Crippen MR) is 83.5 cm³/mol. The summed E-state index contributed by atoms with van der Waals surface area (Å²) in [4.78, 5) is 23.8. The fourth-order valence-corrected chi connectivity index (χ4v) is 2.57. The van der Waals surface area contributed by atoms with E-state index in [0.717, 1.165) is 5.75 Å². The van der Waals surface area contributed by atoms with Gasteiger partial charge in [0, 0.05) is 12.3 Å². The molecule has 0 saturated carbocycles. The van der Waals surface area contributed by atoms with Crippen LogP contribution in [0.3, 0.4) is 0 Å². The predicted octanol–water partition coefficient (Wildman–Crippen LogP) is 1.05. The van der Waals surface area contributed by atoms with Crippen LogP contribution in [0.1, 0.15) is 13.8 Å². The second-order valence-corrected chi connectivity index (χ2v) is 5.65. The Balaban J connectivity index is 2.36. The van der Waals surface area contributed by atoms with Crippen molar-refractivity contribution >= 4 is 40.7 Å². The van der Waals surface area contributed by atoms with E-state index in [1.54, 1.807) is 6.33 Å². The number of hydrogen-bond donors (Lipinski definition) is 3. The van der Waals surface area contributed by atoms with Crippen molar-refractivity contribution in [2.24, 2.45) is 0 Å². The van der Waals surface area contributed by atoms with Crippen molar-refractivity contribution in [3.63, 3.8) is 0 Å². The lowest BCUT2D eigenvalue weighted by Crippen LogP contribution is -2.32. The van der Waals surface area contributed by atoms with Gasteiger partial charge in [0.05, 0.1) is 6.33 Å². The smallest absolute Gasteiger partial charge is 0.327 e. The van der Waals surface area contributed by atoms with E-state index in [4.69, 9.17) is 5.73 Å². The first-order chi connectivity index (χ1) is 10.1. The van der Waals surface area contributed by atoms with E-state index in [0.29, 0.717) is 29.3 Å². The van der Waals surface area contributed by atoms with Crippen molar-refractivity contribution in [3.05, 3.63) is 6.33 Å². The highest BCUT2D eigenvalue weighted by Crippen LogP contribution is 2.21. The number of rotatable bonds is 7. The monoisotopic (exact) mass is 310 g/mol. The zero-order chi connectivity index (χ0) is 15.4. The summed E-state index contributed by atoms with van der Waals surface area (Å²) in [7, 11) is 0. The summed E-state index contributed by atoms with van der Waals surface area (Å²) in [5.41, 5.74) is 6.83. The second kappa shape index (κ2) is 6.61. The number of anilines is 2. The van der Waals surface area contributed by atoms with E-state index >= 15 is 0 Å². The highest BCUT2D eigenvalue weighted by Gasteiger charge is 2.20. The van der Waals surface area contributed by atoms with E-state index in [2.05, 4.69) is 20.3 Å².